The Morgan fingerprint density at radius 3 is 3.04 bits per heavy atom. The second-order valence-electron chi connectivity index (χ2n) is 6.13. The fourth-order valence-electron chi connectivity index (χ4n) is 2.93. The van der Waals surface area contributed by atoms with Crippen molar-refractivity contribution in [1.29, 1.82) is 0 Å². The lowest BCUT2D eigenvalue weighted by atomic mass is 10.00. The Hall–Kier alpha value is -2.52. The van der Waals surface area contributed by atoms with Crippen LogP contribution in [0.2, 0.25) is 0 Å². The average Bonchev–Trinajstić information content (AvgIpc) is 3.41. The van der Waals surface area contributed by atoms with Crippen LogP contribution in [-0.2, 0) is 18.3 Å². The second kappa shape index (κ2) is 7.38. The minimum Gasteiger partial charge on any atom is -0.381 e. The average molecular weight is 373 g/mol. The van der Waals surface area contributed by atoms with Gasteiger partial charge in [0.15, 0.2) is 5.82 Å². The summed E-state index contributed by atoms with van der Waals surface area (Å²) in [6.07, 6.45) is 1.79. The topological polar surface area (TPSA) is 95.1 Å². The molecule has 26 heavy (non-hydrogen) atoms. The molecule has 0 aliphatic carbocycles. The monoisotopic (exact) mass is 373 g/mol. The van der Waals surface area contributed by atoms with E-state index in [4.69, 9.17) is 9.26 Å². The molecular formula is C17H19N5O3S. The normalized spacial score (nSPS) is 15.3. The number of nitrogens with one attached hydrogen (secondary N) is 1. The third kappa shape index (κ3) is 3.54. The molecule has 9 heteroatoms. The van der Waals surface area contributed by atoms with Gasteiger partial charge in [0, 0.05) is 26.2 Å². The van der Waals surface area contributed by atoms with E-state index in [1.54, 1.807) is 29.1 Å². The zero-order chi connectivity index (χ0) is 17.9. The quantitative estimate of drug-likeness (QED) is 0.738. The molecule has 3 aromatic rings. The minimum absolute atomic E-state index is 0.189. The third-order valence-corrected chi connectivity index (χ3v) is 5.25. The molecule has 1 N–H and O–H groups in total. The number of nitrogens with zero attached hydrogens (tertiary/aromatic N) is 4. The van der Waals surface area contributed by atoms with Crippen molar-refractivity contribution in [3.8, 4) is 10.6 Å². The Kier molecular flexibility index (Phi) is 4.81. The predicted octanol–water partition coefficient (Wildman–Crippen LogP) is 2.36. The summed E-state index contributed by atoms with van der Waals surface area (Å²) in [5.74, 6) is 1.13. The van der Waals surface area contributed by atoms with E-state index >= 15 is 0 Å². The van der Waals surface area contributed by atoms with E-state index in [1.165, 1.54) is 0 Å². The van der Waals surface area contributed by atoms with Crippen molar-refractivity contribution in [2.45, 2.75) is 25.3 Å². The van der Waals surface area contributed by atoms with Gasteiger partial charge in [-0.15, -0.1) is 11.3 Å². The van der Waals surface area contributed by atoms with Crippen LogP contribution in [0.5, 0.6) is 0 Å². The van der Waals surface area contributed by atoms with Crippen LogP contribution in [0.25, 0.3) is 10.6 Å². The zero-order valence-electron chi connectivity index (χ0n) is 14.3. The molecule has 0 atom stereocenters. The summed E-state index contributed by atoms with van der Waals surface area (Å²) in [5, 5.41) is 13.2. The number of hydrogen-bond acceptors (Lipinski definition) is 7. The molecule has 0 bridgehead atoms. The van der Waals surface area contributed by atoms with Gasteiger partial charge in [-0.25, -0.2) is 0 Å². The van der Waals surface area contributed by atoms with Gasteiger partial charge in [0.25, 0.3) is 5.91 Å². The Morgan fingerprint density at radius 1 is 1.42 bits per heavy atom. The van der Waals surface area contributed by atoms with E-state index in [0.717, 1.165) is 36.6 Å². The molecule has 0 unspecified atom stereocenters. The van der Waals surface area contributed by atoms with E-state index in [-0.39, 0.29) is 18.4 Å². The molecule has 0 aromatic carbocycles. The predicted molar refractivity (Wildman–Crippen MR) is 94.8 cm³/mol. The SMILES string of the molecule is Cn1nc(-c2cccs2)cc1C(=O)NCc1nc(C2CCOCC2)no1. The molecular weight excluding hydrogens is 354 g/mol. The summed E-state index contributed by atoms with van der Waals surface area (Å²) in [5.41, 5.74) is 1.27. The number of ether oxygens (including phenoxy) is 1. The van der Waals surface area contributed by atoms with Gasteiger partial charge in [-0.1, -0.05) is 11.2 Å². The van der Waals surface area contributed by atoms with E-state index in [9.17, 15) is 4.79 Å². The molecule has 1 aliphatic heterocycles. The second-order valence-corrected chi connectivity index (χ2v) is 7.08. The van der Waals surface area contributed by atoms with Gasteiger partial charge in [0.2, 0.25) is 5.89 Å². The highest BCUT2D eigenvalue weighted by molar-refractivity contribution is 7.13. The van der Waals surface area contributed by atoms with Gasteiger partial charge in [0.1, 0.15) is 11.4 Å². The van der Waals surface area contributed by atoms with Crippen LogP contribution in [0.4, 0.5) is 0 Å². The van der Waals surface area contributed by atoms with Crippen LogP contribution >= 0.6 is 11.3 Å². The van der Waals surface area contributed by atoms with Crippen molar-refractivity contribution in [2.24, 2.45) is 7.05 Å². The fourth-order valence-corrected chi connectivity index (χ4v) is 3.61. The standard InChI is InChI=1S/C17H19N5O3S/c1-22-13(9-12(20-22)14-3-2-8-26-14)17(23)18-10-15-19-16(21-25-15)11-4-6-24-7-5-11/h2-3,8-9,11H,4-7,10H2,1H3,(H,18,23). The number of hydrogen-bond donors (Lipinski definition) is 1. The molecule has 1 saturated heterocycles. The number of carbonyl (C=O) groups is 1. The van der Waals surface area contributed by atoms with Crippen molar-refractivity contribution in [3.05, 3.63) is 41.0 Å². The third-order valence-electron chi connectivity index (χ3n) is 4.36. The molecule has 8 nitrogen and oxygen atoms in total. The number of thiophene rings is 1. The molecule has 136 valence electrons. The van der Waals surface area contributed by atoms with E-state index < -0.39 is 0 Å². The lowest BCUT2D eigenvalue weighted by Gasteiger charge is -2.18. The Labute approximate surface area is 154 Å². The first-order valence-electron chi connectivity index (χ1n) is 8.47. The lowest BCUT2D eigenvalue weighted by Crippen LogP contribution is -2.25. The number of amides is 1. The van der Waals surface area contributed by atoms with Crippen molar-refractivity contribution < 1.29 is 14.1 Å². The number of carbonyl (C=O) groups excluding carboxylic acids is 1. The number of aryl methyl sites for hydroxylation is 1. The summed E-state index contributed by atoms with van der Waals surface area (Å²) in [7, 11) is 1.75. The Balaban J connectivity index is 1.39. The van der Waals surface area contributed by atoms with Gasteiger partial charge < -0.3 is 14.6 Å². The lowest BCUT2D eigenvalue weighted by molar-refractivity contribution is 0.0830. The van der Waals surface area contributed by atoms with Gasteiger partial charge in [-0.05, 0) is 30.4 Å². The van der Waals surface area contributed by atoms with Gasteiger partial charge in [0.05, 0.1) is 11.4 Å². The zero-order valence-corrected chi connectivity index (χ0v) is 15.2. The molecule has 0 radical (unpaired) electrons. The largest absolute Gasteiger partial charge is 0.381 e. The highest BCUT2D eigenvalue weighted by atomic mass is 32.1. The summed E-state index contributed by atoms with van der Waals surface area (Å²) in [6.45, 7) is 1.63. The molecule has 0 saturated carbocycles. The van der Waals surface area contributed by atoms with Crippen LogP contribution in [0.3, 0.4) is 0 Å². The van der Waals surface area contributed by atoms with E-state index in [1.807, 2.05) is 17.5 Å². The Bertz CT molecular complexity index is 880. The van der Waals surface area contributed by atoms with Crippen molar-refractivity contribution >= 4 is 17.2 Å². The maximum absolute atomic E-state index is 12.5. The summed E-state index contributed by atoms with van der Waals surface area (Å²) in [4.78, 5) is 17.9. The maximum atomic E-state index is 12.5. The first-order valence-corrected chi connectivity index (χ1v) is 9.35. The van der Waals surface area contributed by atoms with Crippen LogP contribution in [0, 0.1) is 0 Å². The number of aromatic nitrogens is 4. The van der Waals surface area contributed by atoms with E-state index in [2.05, 4.69) is 20.6 Å². The van der Waals surface area contributed by atoms with Crippen LogP contribution < -0.4 is 5.32 Å². The van der Waals surface area contributed by atoms with Crippen LogP contribution in [0.15, 0.2) is 28.1 Å². The Morgan fingerprint density at radius 2 is 2.27 bits per heavy atom. The first-order chi connectivity index (χ1) is 12.7. The molecule has 1 fully saturated rings. The summed E-state index contributed by atoms with van der Waals surface area (Å²) in [6, 6.07) is 5.72. The molecule has 4 heterocycles. The highest BCUT2D eigenvalue weighted by Gasteiger charge is 2.22. The van der Waals surface area contributed by atoms with Gasteiger partial charge in [-0.3, -0.25) is 9.48 Å². The summed E-state index contributed by atoms with van der Waals surface area (Å²) >= 11 is 1.59. The highest BCUT2D eigenvalue weighted by Crippen LogP contribution is 2.25. The summed E-state index contributed by atoms with van der Waals surface area (Å²) < 4.78 is 12.2. The first kappa shape index (κ1) is 16.9. The number of rotatable bonds is 5. The van der Waals surface area contributed by atoms with Crippen LogP contribution in [-0.4, -0.2) is 39.0 Å². The fraction of sp³-hybridized carbons (Fsp3) is 0.412. The maximum Gasteiger partial charge on any atom is 0.269 e. The molecule has 1 aliphatic rings. The van der Waals surface area contributed by atoms with Crippen molar-refractivity contribution in [3.63, 3.8) is 0 Å². The molecule has 4 rings (SSSR count). The molecule has 3 aromatic heterocycles. The smallest absolute Gasteiger partial charge is 0.269 e. The molecule has 1 amide bonds. The van der Waals surface area contributed by atoms with Crippen molar-refractivity contribution in [1.82, 2.24) is 25.2 Å². The molecule has 0 spiro atoms. The van der Waals surface area contributed by atoms with Crippen molar-refractivity contribution in [2.75, 3.05) is 13.2 Å². The minimum atomic E-state index is -0.228. The van der Waals surface area contributed by atoms with Gasteiger partial charge >= 0.3 is 0 Å². The van der Waals surface area contributed by atoms with Gasteiger partial charge in [-0.2, -0.15) is 10.1 Å². The van der Waals surface area contributed by atoms with Crippen LogP contribution in [0.1, 0.15) is 41.0 Å². The van der Waals surface area contributed by atoms with E-state index in [0.29, 0.717) is 17.4 Å².